The average molecular weight is 300 g/mol. The molecule has 0 spiro atoms. The zero-order valence-electron chi connectivity index (χ0n) is 12.4. The largest absolute Gasteiger partial charge is 0.343 e. The summed E-state index contributed by atoms with van der Waals surface area (Å²) in [6, 6.07) is 11.0. The molecule has 0 bridgehead atoms. The molecular formula is C17H17FN2O2. The van der Waals surface area contributed by atoms with Crippen molar-refractivity contribution in [2.45, 2.75) is 13.8 Å². The van der Waals surface area contributed by atoms with E-state index in [4.69, 9.17) is 0 Å². The van der Waals surface area contributed by atoms with Gasteiger partial charge in [0, 0.05) is 11.3 Å². The summed E-state index contributed by atoms with van der Waals surface area (Å²) < 4.78 is 13.0. The molecular weight excluding hydrogens is 283 g/mol. The van der Waals surface area contributed by atoms with Crippen LogP contribution in [-0.4, -0.2) is 18.4 Å². The number of carbonyl (C=O) groups excluding carboxylic acids is 2. The Balaban J connectivity index is 1.93. The third-order valence-corrected chi connectivity index (χ3v) is 3.16. The summed E-state index contributed by atoms with van der Waals surface area (Å²) in [4.78, 5) is 23.7. The van der Waals surface area contributed by atoms with E-state index in [1.54, 1.807) is 0 Å². The lowest BCUT2D eigenvalue weighted by molar-refractivity contribution is -0.115. The van der Waals surface area contributed by atoms with Gasteiger partial charge in [-0.1, -0.05) is 18.2 Å². The van der Waals surface area contributed by atoms with Crippen molar-refractivity contribution in [1.29, 1.82) is 0 Å². The first kappa shape index (κ1) is 15.7. The van der Waals surface area contributed by atoms with Gasteiger partial charge in [-0.2, -0.15) is 0 Å². The number of rotatable bonds is 4. The van der Waals surface area contributed by atoms with Gasteiger partial charge in [-0.15, -0.1) is 0 Å². The fourth-order valence-corrected chi connectivity index (χ4v) is 1.96. The lowest BCUT2D eigenvalue weighted by Crippen LogP contribution is -2.33. The van der Waals surface area contributed by atoms with Gasteiger partial charge in [0.15, 0.2) is 0 Å². The number of hydrogen-bond donors (Lipinski definition) is 2. The Hall–Kier alpha value is -2.69. The van der Waals surface area contributed by atoms with Gasteiger partial charge in [-0.05, 0) is 49.2 Å². The van der Waals surface area contributed by atoms with Crippen LogP contribution in [0.25, 0.3) is 0 Å². The van der Waals surface area contributed by atoms with Gasteiger partial charge in [0.2, 0.25) is 5.91 Å². The molecule has 0 radical (unpaired) electrons. The van der Waals surface area contributed by atoms with E-state index in [0.717, 1.165) is 17.2 Å². The predicted octanol–water partition coefficient (Wildman–Crippen LogP) is 2.81. The molecule has 0 atom stereocenters. The minimum absolute atomic E-state index is 0.178. The smallest absolute Gasteiger partial charge is 0.251 e. The van der Waals surface area contributed by atoms with Gasteiger partial charge in [0.05, 0.1) is 6.54 Å². The van der Waals surface area contributed by atoms with E-state index < -0.39 is 11.7 Å². The molecule has 0 aliphatic heterocycles. The van der Waals surface area contributed by atoms with Crippen LogP contribution in [0.15, 0.2) is 42.5 Å². The second-order valence-electron chi connectivity index (χ2n) is 5.06. The van der Waals surface area contributed by atoms with Crippen LogP contribution < -0.4 is 10.6 Å². The van der Waals surface area contributed by atoms with Crippen LogP contribution in [0.3, 0.4) is 0 Å². The topological polar surface area (TPSA) is 58.2 Å². The summed E-state index contributed by atoms with van der Waals surface area (Å²) in [7, 11) is 0. The van der Waals surface area contributed by atoms with Gasteiger partial charge in [-0.25, -0.2) is 4.39 Å². The molecule has 2 aromatic rings. The minimum atomic E-state index is -0.493. The summed E-state index contributed by atoms with van der Waals surface area (Å²) in [5.41, 5.74) is 2.87. The minimum Gasteiger partial charge on any atom is -0.343 e. The van der Waals surface area contributed by atoms with Crippen molar-refractivity contribution in [3.8, 4) is 0 Å². The van der Waals surface area contributed by atoms with Crippen LogP contribution in [-0.2, 0) is 4.79 Å². The van der Waals surface area contributed by atoms with Crippen molar-refractivity contribution < 1.29 is 14.0 Å². The number of benzene rings is 2. The lowest BCUT2D eigenvalue weighted by Gasteiger charge is -2.10. The molecule has 22 heavy (non-hydrogen) atoms. The van der Waals surface area contributed by atoms with Crippen molar-refractivity contribution >= 4 is 17.5 Å². The molecule has 0 aliphatic carbocycles. The van der Waals surface area contributed by atoms with E-state index in [2.05, 4.69) is 10.6 Å². The lowest BCUT2D eigenvalue weighted by atomic mass is 10.1. The fraction of sp³-hybridized carbons (Fsp3) is 0.176. The van der Waals surface area contributed by atoms with Crippen LogP contribution in [0.1, 0.15) is 21.5 Å². The second kappa shape index (κ2) is 6.85. The number of halogens is 1. The maximum absolute atomic E-state index is 13.0. The number of carbonyl (C=O) groups is 2. The van der Waals surface area contributed by atoms with Crippen molar-refractivity contribution in [2.75, 3.05) is 11.9 Å². The Kier molecular flexibility index (Phi) is 4.88. The maximum Gasteiger partial charge on any atom is 0.251 e. The molecule has 0 saturated heterocycles. The number of nitrogens with one attached hydrogen (secondary N) is 2. The van der Waals surface area contributed by atoms with E-state index >= 15 is 0 Å². The van der Waals surface area contributed by atoms with Gasteiger partial charge < -0.3 is 10.6 Å². The van der Waals surface area contributed by atoms with E-state index in [1.807, 2.05) is 32.0 Å². The zero-order chi connectivity index (χ0) is 16.1. The SMILES string of the molecule is Cc1ccc(C)c(NC(=O)CNC(=O)c2cccc(F)c2)c1. The van der Waals surface area contributed by atoms with Crippen LogP contribution in [0, 0.1) is 19.7 Å². The highest BCUT2D eigenvalue weighted by atomic mass is 19.1. The van der Waals surface area contributed by atoms with Gasteiger partial charge in [0.1, 0.15) is 5.82 Å². The number of aryl methyl sites for hydroxylation is 2. The van der Waals surface area contributed by atoms with Crippen molar-refractivity contribution in [3.63, 3.8) is 0 Å². The Morgan fingerprint density at radius 1 is 1.09 bits per heavy atom. The standard InChI is InChI=1S/C17H17FN2O2/c1-11-6-7-12(2)15(8-11)20-16(21)10-19-17(22)13-4-3-5-14(18)9-13/h3-9H,10H2,1-2H3,(H,19,22)(H,20,21). The van der Waals surface area contributed by atoms with Crippen LogP contribution in [0.2, 0.25) is 0 Å². The monoisotopic (exact) mass is 300 g/mol. The first-order valence-corrected chi connectivity index (χ1v) is 6.86. The normalized spacial score (nSPS) is 10.1. The Bertz CT molecular complexity index is 714. The molecule has 5 heteroatoms. The molecule has 0 aliphatic rings. The van der Waals surface area contributed by atoms with Gasteiger partial charge >= 0.3 is 0 Å². The van der Waals surface area contributed by atoms with Crippen molar-refractivity contribution in [1.82, 2.24) is 5.32 Å². The summed E-state index contributed by atoms with van der Waals surface area (Å²) in [5, 5.41) is 5.20. The Labute approximate surface area is 128 Å². The van der Waals surface area contributed by atoms with Crippen LogP contribution in [0.5, 0.6) is 0 Å². The molecule has 0 saturated carbocycles. The Morgan fingerprint density at radius 3 is 2.59 bits per heavy atom. The van der Waals surface area contributed by atoms with Gasteiger partial charge in [0.25, 0.3) is 5.91 Å². The Morgan fingerprint density at radius 2 is 1.86 bits per heavy atom. The van der Waals surface area contributed by atoms with Gasteiger partial charge in [-0.3, -0.25) is 9.59 Å². The van der Waals surface area contributed by atoms with Crippen LogP contribution >= 0.6 is 0 Å². The molecule has 2 rings (SSSR count). The zero-order valence-corrected chi connectivity index (χ0v) is 12.4. The molecule has 0 unspecified atom stereocenters. The summed E-state index contributed by atoms with van der Waals surface area (Å²) in [5.74, 6) is -1.32. The second-order valence-corrected chi connectivity index (χ2v) is 5.06. The van der Waals surface area contributed by atoms with Crippen molar-refractivity contribution in [3.05, 3.63) is 65.0 Å². The summed E-state index contributed by atoms with van der Waals surface area (Å²) in [6.45, 7) is 3.64. The molecule has 0 aromatic heterocycles. The van der Waals surface area contributed by atoms with E-state index in [-0.39, 0.29) is 18.0 Å². The molecule has 2 N–H and O–H groups in total. The fourth-order valence-electron chi connectivity index (χ4n) is 1.96. The summed E-state index contributed by atoms with van der Waals surface area (Å²) in [6.07, 6.45) is 0. The predicted molar refractivity (Wildman–Crippen MR) is 83.3 cm³/mol. The molecule has 4 nitrogen and oxygen atoms in total. The molecule has 2 aromatic carbocycles. The first-order valence-electron chi connectivity index (χ1n) is 6.86. The van der Waals surface area contributed by atoms with Crippen LogP contribution in [0.4, 0.5) is 10.1 Å². The molecule has 114 valence electrons. The van der Waals surface area contributed by atoms with Crippen molar-refractivity contribution in [2.24, 2.45) is 0 Å². The van der Waals surface area contributed by atoms with E-state index in [9.17, 15) is 14.0 Å². The highest BCUT2D eigenvalue weighted by Crippen LogP contribution is 2.15. The quantitative estimate of drug-likeness (QED) is 0.912. The number of anilines is 1. The number of amides is 2. The number of hydrogen-bond acceptors (Lipinski definition) is 2. The van der Waals surface area contributed by atoms with E-state index in [0.29, 0.717) is 5.69 Å². The third-order valence-electron chi connectivity index (χ3n) is 3.16. The highest BCUT2D eigenvalue weighted by Gasteiger charge is 2.09. The van der Waals surface area contributed by atoms with E-state index in [1.165, 1.54) is 18.2 Å². The molecule has 0 heterocycles. The first-order chi connectivity index (χ1) is 10.5. The highest BCUT2D eigenvalue weighted by molar-refractivity contribution is 5.99. The average Bonchev–Trinajstić information content (AvgIpc) is 2.48. The third kappa shape index (κ3) is 4.15. The summed E-state index contributed by atoms with van der Waals surface area (Å²) >= 11 is 0. The maximum atomic E-state index is 13.0. The molecule has 0 fully saturated rings. The molecule has 2 amide bonds.